The van der Waals surface area contributed by atoms with Gasteiger partial charge < -0.3 is 14.4 Å². The Morgan fingerprint density at radius 2 is 2.05 bits per heavy atom. The molecule has 0 aliphatic carbocycles. The summed E-state index contributed by atoms with van der Waals surface area (Å²) in [6.07, 6.45) is 1.06. The smallest absolute Gasteiger partial charge is 0.311 e. The molecule has 120 valence electrons. The van der Waals surface area contributed by atoms with Gasteiger partial charge in [-0.05, 0) is 25.0 Å². The van der Waals surface area contributed by atoms with Crippen LogP contribution in [0.1, 0.15) is 25.8 Å². The van der Waals surface area contributed by atoms with Gasteiger partial charge in [-0.3, -0.25) is 9.59 Å². The van der Waals surface area contributed by atoms with Gasteiger partial charge in [-0.2, -0.15) is 0 Å². The molecule has 0 saturated carbocycles. The SMILES string of the molecule is CCOCCOC(=O)C1CC(=O)N(c2ccccc2CC)C1. The van der Waals surface area contributed by atoms with Gasteiger partial charge in [0.15, 0.2) is 0 Å². The van der Waals surface area contributed by atoms with Crippen LogP contribution in [0.15, 0.2) is 24.3 Å². The molecule has 1 aliphatic heterocycles. The zero-order valence-electron chi connectivity index (χ0n) is 13.2. The minimum Gasteiger partial charge on any atom is -0.463 e. The molecule has 0 N–H and O–H groups in total. The normalized spacial score (nSPS) is 17.8. The average Bonchev–Trinajstić information content (AvgIpc) is 2.93. The van der Waals surface area contributed by atoms with Crippen LogP contribution in [0.4, 0.5) is 5.69 Å². The van der Waals surface area contributed by atoms with Gasteiger partial charge in [0.2, 0.25) is 5.91 Å². The first-order valence-corrected chi connectivity index (χ1v) is 7.80. The van der Waals surface area contributed by atoms with Gasteiger partial charge in [0.1, 0.15) is 6.61 Å². The van der Waals surface area contributed by atoms with Crippen molar-refractivity contribution in [3.63, 3.8) is 0 Å². The van der Waals surface area contributed by atoms with Gasteiger partial charge in [0.05, 0.1) is 12.5 Å². The topological polar surface area (TPSA) is 55.8 Å². The first kappa shape index (κ1) is 16.5. The number of carbonyl (C=O) groups is 2. The van der Waals surface area contributed by atoms with Gasteiger partial charge >= 0.3 is 5.97 Å². The summed E-state index contributed by atoms with van der Waals surface area (Å²) in [5, 5.41) is 0. The van der Waals surface area contributed by atoms with E-state index in [0.717, 1.165) is 17.7 Å². The summed E-state index contributed by atoms with van der Waals surface area (Å²) in [4.78, 5) is 26.0. The molecule has 1 atom stereocenters. The lowest BCUT2D eigenvalue weighted by Crippen LogP contribution is -2.27. The highest BCUT2D eigenvalue weighted by molar-refractivity contribution is 6.00. The fraction of sp³-hybridized carbons (Fsp3) is 0.529. The van der Waals surface area contributed by atoms with Crippen LogP contribution in [0.5, 0.6) is 0 Å². The molecule has 2 rings (SSSR count). The predicted octanol–water partition coefficient (Wildman–Crippen LogP) is 2.18. The van der Waals surface area contributed by atoms with Crippen molar-refractivity contribution in [1.29, 1.82) is 0 Å². The molecular weight excluding hydrogens is 282 g/mol. The summed E-state index contributed by atoms with van der Waals surface area (Å²) >= 11 is 0. The fourth-order valence-corrected chi connectivity index (χ4v) is 2.63. The Bertz CT molecular complexity index is 529. The van der Waals surface area contributed by atoms with Crippen LogP contribution in [0.3, 0.4) is 0 Å². The van der Waals surface area contributed by atoms with E-state index in [2.05, 4.69) is 6.92 Å². The number of para-hydroxylation sites is 1. The molecular formula is C17H23NO4. The average molecular weight is 305 g/mol. The van der Waals surface area contributed by atoms with E-state index in [4.69, 9.17) is 9.47 Å². The van der Waals surface area contributed by atoms with Crippen molar-refractivity contribution in [2.24, 2.45) is 5.92 Å². The van der Waals surface area contributed by atoms with Gasteiger partial charge in [-0.1, -0.05) is 25.1 Å². The third-order valence-corrected chi connectivity index (χ3v) is 3.80. The van der Waals surface area contributed by atoms with Crippen LogP contribution in [0.25, 0.3) is 0 Å². The van der Waals surface area contributed by atoms with E-state index in [1.54, 1.807) is 4.90 Å². The quantitative estimate of drug-likeness (QED) is 0.572. The van der Waals surface area contributed by atoms with Crippen molar-refractivity contribution in [3.05, 3.63) is 29.8 Å². The molecule has 1 aromatic rings. The number of carbonyl (C=O) groups excluding carboxylic acids is 2. The number of hydrogen-bond donors (Lipinski definition) is 0. The molecule has 1 unspecified atom stereocenters. The molecule has 5 nitrogen and oxygen atoms in total. The van der Waals surface area contributed by atoms with Gasteiger partial charge in [0, 0.05) is 25.3 Å². The Morgan fingerprint density at radius 1 is 1.27 bits per heavy atom. The number of rotatable bonds is 7. The van der Waals surface area contributed by atoms with Crippen LogP contribution in [0.2, 0.25) is 0 Å². The molecule has 1 amide bonds. The highest BCUT2D eigenvalue weighted by Gasteiger charge is 2.36. The van der Waals surface area contributed by atoms with Crippen molar-refractivity contribution in [2.45, 2.75) is 26.7 Å². The van der Waals surface area contributed by atoms with Crippen molar-refractivity contribution in [2.75, 3.05) is 31.3 Å². The fourth-order valence-electron chi connectivity index (χ4n) is 2.63. The Labute approximate surface area is 131 Å². The Hall–Kier alpha value is -1.88. The Morgan fingerprint density at radius 3 is 2.77 bits per heavy atom. The van der Waals surface area contributed by atoms with Gasteiger partial charge in [0.25, 0.3) is 0 Å². The van der Waals surface area contributed by atoms with Gasteiger partial charge in [-0.25, -0.2) is 0 Å². The summed E-state index contributed by atoms with van der Waals surface area (Å²) in [5.41, 5.74) is 2.01. The Balaban J connectivity index is 1.97. The van der Waals surface area contributed by atoms with Crippen LogP contribution >= 0.6 is 0 Å². The first-order chi connectivity index (χ1) is 10.7. The van der Waals surface area contributed by atoms with E-state index < -0.39 is 0 Å². The maximum absolute atomic E-state index is 12.2. The predicted molar refractivity (Wildman–Crippen MR) is 83.7 cm³/mol. The molecule has 0 bridgehead atoms. The molecule has 0 radical (unpaired) electrons. The lowest BCUT2D eigenvalue weighted by atomic mass is 10.1. The number of nitrogens with zero attached hydrogens (tertiary/aromatic N) is 1. The zero-order valence-corrected chi connectivity index (χ0v) is 13.2. The summed E-state index contributed by atoms with van der Waals surface area (Å²) in [6.45, 7) is 5.57. The summed E-state index contributed by atoms with van der Waals surface area (Å²) < 4.78 is 10.3. The standard InChI is InChI=1S/C17H23NO4/c1-3-13-7-5-6-8-15(13)18-12-14(11-16(18)19)17(20)22-10-9-21-4-2/h5-8,14H,3-4,9-12H2,1-2H3. The van der Waals surface area contributed by atoms with Gasteiger partial charge in [-0.15, -0.1) is 0 Å². The van der Waals surface area contributed by atoms with E-state index in [9.17, 15) is 9.59 Å². The molecule has 1 heterocycles. The summed E-state index contributed by atoms with van der Waals surface area (Å²) in [6, 6.07) is 7.81. The molecule has 5 heteroatoms. The largest absolute Gasteiger partial charge is 0.463 e. The molecule has 1 aliphatic rings. The maximum atomic E-state index is 12.2. The van der Waals surface area contributed by atoms with E-state index in [1.807, 2.05) is 31.2 Å². The van der Waals surface area contributed by atoms with Crippen molar-refractivity contribution < 1.29 is 19.1 Å². The highest BCUT2D eigenvalue weighted by atomic mass is 16.6. The van der Waals surface area contributed by atoms with Crippen LogP contribution in [-0.4, -0.2) is 38.2 Å². The maximum Gasteiger partial charge on any atom is 0.311 e. The van der Waals surface area contributed by atoms with Crippen molar-refractivity contribution in [1.82, 2.24) is 0 Å². The van der Waals surface area contributed by atoms with E-state index in [1.165, 1.54) is 0 Å². The number of hydrogen-bond acceptors (Lipinski definition) is 4. The zero-order chi connectivity index (χ0) is 15.9. The lowest BCUT2D eigenvalue weighted by Gasteiger charge is -2.19. The second-order valence-corrected chi connectivity index (χ2v) is 5.25. The van der Waals surface area contributed by atoms with Crippen LogP contribution in [0, 0.1) is 5.92 Å². The molecule has 1 aromatic carbocycles. The van der Waals surface area contributed by atoms with Crippen LogP contribution < -0.4 is 4.90 Å². The number of esters is 1. The monoisotopic (exact) mass is 305 g/mol. The van der Waals surface area contributed by atoms with E-state index in [0.29, 0.717) is 19.8 Å². The summed E-state index contributed by atoms with van der Waals surface area (Å²) in [7, 11) is 0. The third kappa shape index (κ3) is 3.85. The third-order valence-electron chi connectivity index (χ3n) is 3.80. The number of amides is 1. The molecule has 1 fully saturated rings. The van der Waals surface area contributed by atoms with Crippen molar-refractivity contribution >= 4 is 17.6 Å². The van der Waals surface area contributed by atoms with Crippen LogP contribution in [-0.2, 0) is 25.5 Å². The minimum atomic E-state index is -0.390. The van der Waals surface area contributed by atoms with E-state index >= 15 is 0 Å². The van der Waals surface area contributed by atoms with E-state index in [-0.39, 0.29) is 30.8 Å². The number of aryl methyl sites for hydroxylation is 1. The molecule has 22 heavy (non-hydrogen) atoms. The molecule has 0 aromatic heterocycles. The van der Waals surface area contributed by atoms with Crippen molar-refractivity contribution in [3.8, 4) is 0 Å². The highest BCUT2D eigenvalue weighted by Crippen LogP contribution is 2.28. The number of benzene rings is 1. The molecule has 0 spiro atoms. The second kappa shape index (κ2) is 7.94. The molecule has 1 saturated heterocycles. The first-order valence-electron chi connectivity index (χ1n) is 7.80. The lowest BCUT2D eigenvalue weighted by molar-refractivity contribution is -0.149. The second-order valence-electron chi connectivity index (χ2n) is 5.25. The minimum absolute atomic E-state index is 0.0207. The number of ether oxygens (including phenoxy) is 2. The summed E-state index contributed by atoms with van der Waals surface area (Å²) in [5.74, 6) is -0.726. The number of anilines is 1. The Kier molecular flexibility index (Phi) is 5.95.